The summed E-state index contributed by atoms with van der Waals surface area (Å²) in [5, 5.41) is 3.77. The minimum atomic E-state index is -0.558. The smallest absolute Gasteiger partial charge is 0.326 e. The molecular formula is C11H23NO2S. The zero-order chi connectivity index (χ0) is 11.9. The monoisotopic (exact) mass is 233 g/mol. The first-order valence-electron chi connectivity index (χ1n) is 5.45. The molecule has 0 aliphatic heterocycles. The number of likely N-dealkylation sites (N-methyl/N-ethyl adjacent to an activating group) is 1. The van der Waals surface area contributed by atoms with Crippen molar-refractivity contribution < 1.29 is 9.53 Å². The molecule has 0 aromatic rings. The predicted octanol–water partition coefficient (Wildman–Crippen LogP) is 2.06. The topological polar surface area (TPSA) is 38.3 Å². The molecule has 0 saturated heterocycles. The maximum atomic E-state index is 11.6. The number of esters is 1. The van der Waals surface area contributed by atoms with Crippen LogP contribution in [0.3, 0.4) is 0 Å². The molecule has 2 atom stereocenters. The van der Waals surface area contributed by atoms with Crippen LogP contribution in [0.5, 0.6) is 0 Å². The number of nitrogens with one attached hydrogen (secondary N) is 1. The minimum Gasteiger partial charge on any atom is -0.468 e. The van der Waals surface area contributed by atoms with Crippen LogP contribution in [-0.2, 0) is 9.53 Å². The number of hydrogen-bond donors (Lipinski definition) is 1. The Morgan fingerprint density at radius 2 is 2.13 bits per heavy atom. The van der Waals surface area contributed by atoms with Crippen LogP contribution in [0.2, 0.25) is 0 Å². The molecule has 0 bridgehead atoms. The van der Waals surface area contributed by atoms with Gasteiger partial charge < -0.3 is 10.1 Å². The molecule has 2 unspecified atom stereocenters. The molecule has 90 valence electrons. The fraction of sp³-hybridized carbons (Fsp3) is 0.909. The average molecular weight is 233 g/mol. The van der Waals surface area contributed by atoms with E-state index in [-0.39, 0.29) is 5.97 Å². The van der Waals surface area contributed by atoms with Gasteiger partial charge >= 0.3 is 5.97 Å². The number of carbonyl (C=O) groups excluding carboxylic acids is 1. The minimum absolute atomic E-state index is 0.180. The molecule has 0 saturated carbocycles. The highest BCUT2D eigenvalue weighted by Crippen LogP contribution is 2.20. The van der Waals surface area contributed by atoms with Crippen LogP contribution in [0, 0.1) is 0 Å². The van der Waals surface area contributed by atoms with Crippen LogP contribution in [-0.4, -0.2) is 36.2 Å². The quantitative estimate of drug-likeness (QED) is 0.683. The van der Waals surface area contributed by atoms with Crippen molar-refractivity contribution in [2.24, 2.45) is 0 Å². The largest absolute Gasteiger partial charge is 0.468 e. The Kier molecular flexibility index (Phi) is 7.02. The normalized spacial score (nSPS) is 16.9. The Bertz CT molecular complexity index is 199. The van der Waals surface area contributed by atoms with Gasteiger partial charge in [0.2, 0.25) is 0 Å². The van der Waals surface area contributed by atoms with E-state index in [0.717, 1.165) is 18.7 Å². The maximum absolute atomic E-state index is 11.6. The third-order valence-corrected chi connectivity index (χ3v) is 4.08. The first kappa shape index (κ1) is 14.8. The molecule has 0 aliphatic rings. The van der Waals surface area contributed by atoms with E-state index in [1.165, 1.54) is 7.11 Å². The van der Waals surface area contributed by atoms with Gasteiger partial charge in [0.15, 0.2) is 0 Å². The van der Waals surface area contributed by atoms with Gasteiger partial charge in [-0.3, -0.25) is 4.79 Å². The molecule has 0 heterocycles. The van der Waals surface area contributed by atoms with E-state index in [2.05, 4.69) is 19.2 Å². The van der Waals surface area contributed by atoms with Gasteiger partial charge in [-0.2, -0.15) is 11.8 Å². The van der Waals surface area contributed by atoms with Crippen molar-refractivity contribution in [3.05, 3.63) is 0 Å². The van der Waals surface area contributed by atoms with Crippen LogP contribution < -0.4 is 5.32 Å². The Balaban J connectivity index is 4.31. The van der Waals surface area contributed by atoms with E-state index in [4.69, 9.17) is 4.74 Å². The lowest BCUT2D eigenvalue weighted by Gasteiger charge is -2.28. The number of rotatable bonds is 7. The van der Waals surface area contributed by atoms with E-state index in [9.17, 15) is 4.79 Å². The van der Waals surface area contributed by atoms with E-state index in [1.807, 2.05) is 13.8 Å². The third kappa shape index (κ3) is 4.89. The summed E-state index contributed by atoms with van der Waals surface area (Å²) in [5.41, 5.74) is -0.558. The van der Waals surface area contributed by atoms with Gasteiger partial charge in [-0.05, 0) is 19.9 Å². The van der Waals surface area contributed by atoms with Crippen molar-refractivity contribution in [1.29, 1.82) is 0 Å². The van der Waals surface area contributed by atoms with E-state index >= 15 is 0 Å². The summed E-state index contributed by atoms with van der Waals surface area (Å²) < 4.78 is 4.82. The molecule has 4 heteroatoms. The molecule has 0 aromatic carbocycles. The lowest BCUT2D eigenvalue weighted by Crippen LogP contribution is -2.52. The van der Waals surface area contributed by atoms with E-state index < -0.39 is 5.54 Å². The number of ether oxygens (including phenoxy) is 1. The van der Waals surface area contributed by atoms with Crippen molar-refractivity contribution in [2.45, 2.75) is 44.9 Å². The van der Waals surface area contributed by atoms with Gasteiger partial charge in [0.1, 0.15) is 5.54 Å². The lowest BCUT2D eigenvalue weighted by molar-refractivity contribution is -0.146. The van der Waals surface area contributed by atoms with Crippen LogP contribution in [0.4, 0.5) is 0 Å². The summed E-state index contributed by atoms with van der Waals surface area (Å²) in [7, 11) is 1.44. The molecule has 0 aliphatic carbocycles. The first-order valence-corrected chi connectivity index (χ1v) is 6.50. The summed E-state index contributed by atoms with van der Waals surface area (Å²) in [6, 6.07) is 0. The number of hydrogen-bond acceptors (Lipinski definition) is 4. The van der Waals surface area contributed by atoms with Gasteiger partial charge in [0.05, 0.1) is 7.11 Å². The highest BCUT2D eigenvalue weighted by atomic mass is 32.2. The summed E-state index contributed by atoms with van der Waals surface area (Å²) >= 11 is 1.80. The van der Waals surface area contributed by atoms with Crippen LogP contribution >= 0.6 is 11.8 Å². The molecule has 0 aromatic heterocycles. The fourth-order valence-electron chi connectivity index (χ4n) is 1.22. The van der Waals surface area contributed by atoms with Gasteiger partial charge in [-0.15, -0.1) is 0 Å². The first-order chi connectivity index (χ1) is 7.00. The molecule has 0 rings (SSSR count). The predicted molar refractivity (Wildman–Crippen MR) is 66.3 cm³/mol. The highest BCUT2D eigenvalue weighted by Gasteiger charge is 2.33. The molecule has 0 spiro atoms. The second-order valence-corrected chi connectivity index (χ2v) is 5.31. The molecule has 1 N–H and O–H groups in total. The Hall–Kier alpha value is -0.220. The zero-order valence-corrected chi connectivity index (χ0v) is 11.2. The zero-order valence-electron chi connectivity index (χ0n) is 10.4. The van der Waals surface area contributed by atoms with Crippen molar-refractivity contribution in [3.63, 3.8) is 0 Å². The molecule has 15 heavy (non-hydrogen) atoms. The SMILES string of the molecule is CCNC(C)(CSC(C)CC)C(=O)OC. The van der Waals surface area contributed by atoms with Crippen LogP contribution in [0.15, 0.2) is 0 Å². The average Bonchev–Trinajstić information content (AvgIpc) is 2.25. The summed E-state index contributed by atoms with van der Waals surface area (Å²) in [6.07, 6.45) is 1.12. The van der Waals surface area contributed by atoms with Crippen molar-refractivity contribution in [1.82, 2.24) is 5.32 Å². The van der Waals surface area contributed by atoms with E-state index in [1.54, 1.807) is 11.8 Å². The lowest BCUT2D eigenvalue weighted by atomic mass is 10.1. The van der Waals surface area contributed by atoms with Crippen LogP contribution in [0.25, 0.3) is 0 Å². The second kappa shape index (κ2) is 7.12. The third-order valence-electron chi connectivity index (χ3n) is 2.43. The van der Waals surface area contributed by atoms with Crippen molar-refractivity contribution in [2.75, 3.05) is 19.4 Å². The second-order valence-electron chi connectivity index (χ2n) is 3.88. The standard InChI is InChI=1S/C11H23NO2S/c1-6-9(3)15-8-11(4,12-7-2)10(13)14-5/h9,12H,6-8H2,1-5H3. The van der Waals surface area contributed by atoms with Crippen molar-refractivity contribution >= 4 is 17.7 Å². The summed E-state index contributed by atoms with van der Waals surface area (Å²) in [4.78, 5) is 11.6. The van der Waals surface area contributed by atoms with Crippen LogP contribution in [0.1, 0.15) is 34.1 Å². The molecule has 0 radical (unpaired) electrons. The Labute approximate surface area is 97.3 Å². The molecule has 0 fully saturated rings. The van der Waals surface area contributed by atoms with Gasteiger partial charge in [0.25, 0.3) is 0 Å². The molecule has 0 amide bonds. The molecule has 3 nitrogen and oxygen atoms in total. The summed E-state index contributed by atoms with van der Waals surface area (Å²) in [5.74, 6) is 0.572. The van der Waals surface area contributed by atoms with E-state index in [0.29, 0.717) is 5.25 Å². The highest BCUT2D eigenvalue weighted by molar-refractivity contribution is 7.99. The van der Waals surface area contributed by atoms with Gasteiger partial charge in [0, 0.05) is 11.0 Å². The fourth-order valence-corrected chi connectivity index (χ4v) is 2.30. The van der Waals surface area contributed by atoms with Crippen molar-refractivity contribution in [3.8, 4) is 0 Å². The Morgan fingerprint density at radius 3 is 2.53 bits per heavy atom. The Morgan fingerprint density at radius 1 is 1.53 bits per heavy atom. The van der Waals surface area contributed by atoms with Gasteiger partial charge in [-0.1, -0.05) is 20.8 Å². The molecular weight excluding hydrogens is 210 g/mol. The summed E-state index contributed by atoms with van der Waals surface area (Å²) in [6.45, 7) is 8.99. The number of carbonyl (C=O) groups is 1. The van der Waals surface area contributed by atoms with Gasteiger partial charge in [-0.25, -0.2) is 0 Å². The number of methoxy groups -OCH3 is 1. The maximum Gasteiger partial charge on any atom is 0.326 e. The number of thioether (sulfide) groups is 1.